The fourth-order valence-electron chi connectivity index (χ4n) is 3.13. The Bertz CT molecular complexity index is 1050. The summed E-state index contributed by atoms with van der Waals surface area (Å²) in [6, 6.07) is 27.1. The fraction of sp³-hybridized carbons (Fsp3) is 0.0833. The van der Waals surface area contributed by atoms with Gasteiger partial charge in [-0.05, 0) is 26.0 Å². The summed E-state index contributed by atoms with van der Waals surface area (Å²) in [6.45, 7) is 4.20. The molecule has 0 fully saturated rings. The number of aryl methyl sites for hydroxylation is 2. The quantitative estimate of drug-likeness (QED) is 0.452. The van der Waals surface area contributed by atoms with Crippen molar-refractivity contribution in [3.05, 3.63) is 96.2 Å². The fourth-order valence-corrected chi connectivity index (χ4v) is 3.13. The molecule has 0 spiro atoms. The number of benzene rings is 3. The first-order valence-electron chi connectivity index (χ1n) is 8.77. The standard InChI is InChI=1S/C24H20N2/c1-17-8-6-12-20(14-17)23-24(21-13-7-9-18(2)15-21)26-22(16-25-23)19-10-4-3-5-11-19/h3-16H,1-2H3. The molecule has 2 nitrogen and oxygen atoms in total. The molecule has 0 unspecified atom stereocenters. The molecular weight excluding hydrogens is 316 g/mol. The Kier molecular flexibility index (Phi) is 4.32. The Morgan fingerprint density at radius 3 is 1.77 bits per heavy atom. The molecule has 4 aromatic rings. The van der Waals surface area contributed by atoms with Crippen LogP contribution in [0.25, 0.3) is 33.8 Å². The van der Waals surface area contributed by atoms with Crippen LogP contribution in [0.3, 0.4) is 0 Å². The highest BCUT2D eigenvalue weighted by atomic mass is 14.8. The summed E-state index contributed by atoms with van der Waals surface area (Å²) in [6.07, 6.45) is 1.87. The maximum Gasteiger partial charge on any atom is 0.0972 e. The monoisotopic (exact) mass is 336 g/mol. The van der Waals surface area contributed by atoms with Gasteiger partial charge in [-0.2, -0.15) is 0 Å². The van der Waals surface area contributed by atoms with E-state index < -0.39 is 0 Å². The summed E-state index contributed by atoms with van der Waals surface area (Å²) in [4.78, 5) is 9.81. The average molecular weight is 336 g/mol. The number of nitrogens with zero attached hydrogens (tertiary/aromatic N) is 2. The summed E-state index contributed by atoms with van der Waals surface area (Å²) in [5.74, 6) is 0. The van der Waals surface area contributed by atoms with Crippen LogP contribution in [0.4, 0.5) is 0 Å². The van der Waals surface area contributed by atoms with Gasteiger partial charge in [0.25, 0.3) is 0 Å². The van der Waals surface area contributed by atoms with Crippen LogP contribution >= 0.6 is 0 Å². The highest BCUT2D eigenvalue weighted by molar-refractivity contribution is 5.80. The molecule has 0 amide bonds. The Labute approximate surface area is 154 Å². The molecule has 0 N–H and O–H groups in total. The van der Waals surface area contributed by atoms with Crippen molar-refractivity contribution < 1.29 is 0 Å². The zero-order valence-corrected chi connectivity index (χ0v) is 15.0. The van der Waals surface area contributed by atoms with Gasteiger partial charge in [-0.3, -0.25) is 4.98 Å². The van der Waals surface area contributed by atoms with Crippen molar-refractivity contribution in [3.63, 3.8) is 0 Å². The van der Waals surface area contributed by atoms with Gasteiger partial charge in [-0.15, -0.1) is 0 Å². The zero-order chi connectivity index (χ0) is 17.9. The van der Waals surface area contributed by atoms with Gasteiger partial charge in [0, 0.05) is 16.7 Å². The molecule has 126 valence electrons. The molecule has 4 rings (SSSR count). The number of hydrogen-bond donors (Lipinski definition) is 0. The topological polar surface area (TPSA) is 25.8 Å². The minimum absolute atomic E-state index is 0.888. The summed E-state index contributed by atoms with van der Waals surface area (Å²) in [5, 5.41) is 0. The average Bonchev–Trinajstić information content (AvgIpc) is 2.68. The lowest BCUT2D eigenvalue weighted by atomic mass is 10.0. The van der Waals surface area contributed by atoms with E-state index in [1.807, 2.05) is 24.4 Å². The van der Waals surface area contributed by atoms with Crippen LogP contribution in [0.15, 0.2) is 85.1 Å². The maximum atomic E-state index is 5.00. The van der Waals surface area contributed by atoms with E-state index in [-0.39, 0.29) is 0 Å². The first-order valence-corrected chi connectivity index (χ1v) is 8.77. The number of aromatic nitrogens is 2. The lowest BCUT2D eigenvalue weighted by molar-refractivity contribution is 1.21. The van der Waals surface area contributed by atoms with Crippen molar-refractivity contribution >= 4 is 0 Å². The third-order valence-corrected chi connectivity index (χ3v) is 4.43. The summed E-state index contributed by atoms with van der Waals surface area (Å²) in [5.41, 5.74) is 8.40. The van der Waals surface area contributed by atoms with Crippen molar-refractivity contribution in [3.8, 4) is 33.8 Å². The maximum absolute atomic E-state index is 5.00. The molecule has 0 saturated carbocycles. The molecule has 3 aromatic carbocycles. The number of rotatable bonds is 3. The minimum Gasteiger partial charge on any atom is -0.252 e. The third kappa shape index (κ3) is 3.27. The Hall–Kier alpha value is -3.26. The first-order chi connectivity index (χ1) is 12.7. The second-order valence-electron chi connectivity index (χ2n) is 6.56. The summed E-state index contributed by atoms with van der Waals surface area (Å²) < 4.78 is 0. The van der Waals surface area contributed by atoms with Crippen molar-refractivity contribution in [1.29, 1.82) is 0 Å². The molecule has 0 bridgehead atoms. The molecule has 0 atom stereocenters. The van der Waals surface area contributed by atoms with Gasteiger partial charge in [0.05, 0.1) is 23.3 Å². The molecule has 2 heteroatoms. The molecule has 0 radical (unpaired) electrons. The van der Waals surface area contributed by atoms with Gasteiger partial charge < -0.3 is 0 Å². The van der Waals surface area contributed by atoms with Crippen LogP contribution in [0.2, 0.25) is 0 Å². The molecule has 0 aliphatic heterocycles. The van der Waals surface area contributed by atoms with Gasteiger partial charge in [-0.25, -0.2) is 4.98 Å². The molecule has 0 aliphatic carbocycles. The third-order valence-electron chi connectivity index (χ3n) is 4.43. The largest absolute Gasteiger partial charge is 0.252 e. The highest BCUT2D eigenvalue weighted by Crippen LogP contribution is 2.31. The Morgan fingerprint density at radius 1 is 0.577 bits per heavy atom. The first kappa shape index (κ1) is 16.2. The minimum atomic E-state index is 0.888. The summed E-state index contributed by atoms with van der Waals surface area (Å²) >= 11 is 0. The molecule has 0 aliphatic rings. The second-order valence-corrected chi connectivity index (χ2v) is 6.56. The van der Waals surface area contributed by atoms with Crippen LogP contribution in [-0.2, 0) is 0 Å². The van der Waals surface area contributed by atoms with E-state index in [0.29, 0.717) is 0 Å². The highest BCUT2D eigenvalue weighted by Gasteiger charge is 2.13. The van der Waals surface area contributed by atoms with E-state index in [1.165, 1.54) is 11.1 Å². The van der Waals surface area contributed by atoms with E-state index >= 15 is 0 Å². The van der Waals surface area contributed by atoms with E-state index in [9.17, 15) is 0 Å². The van der Waals surface area contributed by atoms with E-state index in [4.69, 9.17) is 9.97 Å². The van der Waals surface area contributed by atoms with Crippen LogP contribution < -0.4 is 0 Å². The molecular formula is C24H20N2. The predicted molar refractivity (Wildman–Crippen MR) is 108 cm³/mol. The lowest BCUT2D eigenvalue weighted by Gasteiger charge is -2.12. The molecule has 1 aromatic heterocycles. The SMILES string of the molecule is Cc1cccc(-c2ncc(-c3ccccc3)nc2-c2cccc(C)c2)c1. The number of hydrogen-bond acceptors (Lipinski definition) is 2. The van der Waals surface area contributed by atoms with Crippen LogP contribution in [-0.4, -0.2) is 9.97 Å². The van der Waals surface area contributed by atoms with Crippen LogP contribution in [0, 0.1) is 13.8 Å². The van der Waals surface area contributed by atoms with Gasteiger partial charge in [0.2, 0.25) is 0 Å². The van der Waals surface area contributed by atoms with Gasteiger partial charge in [-0.1, -0.05) is 77.9 Å². The smallest absolute Gasteiger partial charge is 0.0972 e. The van der Waals surface area contributed by atoms with Crippen molar-refractivity contribution in [2.75, 3.05) is 0 Å². The second kappa shape index (κ2) is 6.93. The van der Waals surface area contributed by atoms with Crippen LogP contribution in [0.1, 0.15) is 11.1 Å². The molecule has 26 heavy (non-hydrogen) atoms. The van der Waals surface area contributed by atoms with Crippen molar-refractivity contribution in [2.45, 2.75) is 13.8 Å². The van der Waals surface area contributed by atoms with Crippen molar-refractivity contribution in [2.24, 2.45) is 0 Å². The van der Waals surface area contributed by atoms with Gasteiger partial charge in [0.15, 0.2) is 0 Å². The lowest BCUT2D eigenvalue weighted by Crippen LogP contribution is -1.96. The normalized spacial score (nSPS) is 10.7. The van der Waals surface area contributed by atoms with Gasteiger partial charge >= 0.3 is 0 Å². The predicted octanol–water partition coefficient (Wildman–Crippen LogP) is 6.09. The van der Waals surface area contributed by atoms with E-state index in [2.05, 4.69) is 74.5 Å². The Morgan fingerprint density at radius 2 is 1.15 bits per heavy atom. The summed E-state index contributed by atoms with van der Waals surface area (Å²) in [7, 11) is 0. The van der Waals surface area contributed by atoms with Gasteiger partial charge in [0.1, 0.15) is 0 Å². The zero-order valence-electron chi connectivity index (χ0n) is 15.0. The van der Waals surface area contributed by atoms with E-state index in [1.54, 1.807) is 0 Å². The van der Waals surface area contributed by atoms with E-state index in [0.717, 1.165) is 33.8 Å². The molecule has 1 heterocycles. The van der Waals surface area contributed by atoms with Crippen LogP contribution in [0.5, 0.6) is 0 Å². The Balaban J connectivity index is 1.94. The van der Waals surface area contributed by atoms with Crippen molar-refractivity contribution in [1.82, 2.24) is 9.97 Å². The molecule has 0 saturated heterocycles.